The lowest BCUT2D eigenvalue weighted by molar-refractivity contribution is -0.136. The molecule has 0 saturated carbocycles. The molecule has 0 amide bonds. The molecule has 0 N–H and O–H groups in total. The molecule has 6 nitrogen and oxygen atoms in total. The summed E-state index contributed by atoms with van der Waals surface area (Å²) in [5.74, 6) is 0.587. The molecule has 0 fully saturated rings. The summed E-state index contributed by atoms with van der Waals surface area (Å²) in [6.07, 6.45) is 1.72. The van der Waals surface area contributed by atoms with Crippen molar-refractivity contribution >= 4 is 17.8 Å². The van der Waals surface area contributed by atoms with E-state index in [-0.39, 0.29) is 6.61 Å². The number of nitrogens with zero attached hydrogens (tertiary/aromatic N) is 2. The van der Waals surface area contributed by atoms with E-state index in [1.165, 1.54) is 0 Å². The first-order chi connectivity index (χ1) is 15.7. The normalized spacial score (nSPS) is 13.9. The van der Waals surface area contributed by atoms with Gasteiger partial charge in [0.15, 0.2) is 11.5 Å². The molecule has 0 radical (unpaired) electrons. The summed E-state index contributed by atoms with van der Waals surface area (Å²) in [4.78, 5) is 17.2. The SMILES string of the molecule is CCOc1cc(C=C2C(=O)ON=C2c2ccccc2)ccc1OCc1ccccc1C#N. The Labute approximate surface area is 186 Å². The van der Waals surface area contributed by atoms with Gasteiger partial charge < -0.3 is 14.3 Å². The quantitative estimate of drug-likeness (QED) is 0.399. The van der Waals surface area contributed by atoms with Gasteiger partial charge in [-0.2, -0.15) is 5.26 Å². The van der Waals surface area contributed by atoms with Gasteiger partial charge in [0.25, 0.3) is 0 Å². The minimum Gasteiger partial charge on any atom is -0.490 e. The second kappa shape index (κ2) is 9.63. The molecular weight excluding hydrogens is 404 g/mol. The summed E-state index contributed by atoms with van der Waals surface area (Å²) in [7, 11) is 0. The molecule has 6 heteroatoms. The van der Waals surface area contributed by atoms with Crippen molar-refractivity contribution in [2.45, 2.75) is 13.5 Å². The number of ether oxygens (including phenoxy) is 2. The van der Waals surface area contributed by atoms with Crippen molar-refractivity contribution in [2.24, 2.45) is 5.16 Å². The molecule has 3 aromatic rings. The zero-order chi connectivity index (χ0) is 22.3. The lowest BCUT2D eigenvalue weighted by Gasteiger charge is -2.13. The molecule has 1 aliphatic rings. The molecular formula is C26H20N2O4. The highest BCUT2D eigenvalue weighted by molar-refractivity contribution is 6.31. The predicted molar refractivity (Wildman–Crippen MR) is 120 cm³/mol. The third kappa shape index (κ3) is 4.52. The molecule has 0 atom stereocenters. The van der Waals surface area contributed by atoms with E-state index in [4.69, 9.17) is 14.3 Å². The average molecular weight is 424 g/mol. The Bertz CT molecular complexity index is 1240. The van der Waals surface area contributed by atoms with Crippen LogP contribution in [-0.4, -0.2) is 18.3 Å². The van der Waals surface area contributed by atoms with E-state index in [1.54, 1.807) is 24.3 Å². The van der Waals surface area contributed by atoms with E-state index >= 15 is 0 Å². The average Bonchev–Trinajstić information content (AvgIpc) is 3.19. The number of oxime groups is 1. The summed E-state index contributed by atoms with van der Waals surface area (Å²) in [6, 6.07) is 24.3. The van der Waals surface area contributed by atoms with Gasteiger partial charge in [0.1, 0.15) is 12.3 Å². The van der Waals surface area contributed by atoms with Crippen molar-refractivity contribution in [2.75, 3.05) is 6.61 Å². The summed E-state index contributed by atoms with van der Waals surface area (Å²) in [5, 5.41) is 13.2. The summed E-state index contributed by atoms with van der Waals surface area (Å²) in [6.45, 7) is 2.57. The smallest absolute Gasteiger partial charge is 0.368 e. The maximum atomic E-state index is 12.3. The Hall–Kier alpha value is -4.37. The van der Waals surface area contributed by atoms with Crippen molar-refractivity contribution in [3.63, 3.8) is 0 Å². The topological polar surface area (TPSA) is 80.9 Å². The van der Waals surface area contributed by atoms with Gasteiger partial charge in [0.2, 0.25) is 0 Å². The molecule has 0 aliphatic carbocycles. The molecule has 1 aliphatic heterocycles. The minimum atomic E-state index is -0.504. The van der Waals surface area contributed by atoms with Crippen LogP contribution in [0.15, 0.2) is 83.5 Å². The van der Waals surface area contributed by atoms with Crippen LogP contribution in [0.3, 0.4) is 0 Å². The van der Waals surface area contributed by atoms with Gasteiger partial charge in [-0.3, -0.25) is 0 Å². The summed E-state index contributed by atoms with van der Waals surface area (Å²) < 4.78 is 11.7. The minimum absolute atomic E-state index is 0.237. The largest absolute Gasteiger partial charge is 0.490 e. The summed E-state index contributed by atoms with van der Waals surface area (Å²) >= 11 is 0. The maximum absolute atomic E-state index is 12.3. The van der Waals surface area contributed by atoms with Crippen molar-refractivity contribution in [1.82, 2.24) is 0 Å². The van der Waals surface area contributed by atoms with Gasteiger partial charge in [0.05, 0.1) is 23.8 Å². The first-order valence-corrected chi connectivity index (χ1v) is 10.1. The van der Waals surface area contributed by atoms with Gasteiger partial charge >= 0.3 is 5.97 Å². The van der Waals surface area contributed by atoms with Gasteiger partial charge in [0, 0.05) is 11.1 Å². The summed E-state index contributed by atoms with van der Waals surface area (Å²) in [5.41, 5.74) is 3.76. The first-order valence-electron chi connectivity index (χ1n) is 10.1. The van der Waals surface area contributed by atoms with Crippen LogP contribution >= 0.6 is 0 Å². The molecule has 0 saturated heterocycles. The third-order valence-electron chi connectivity index (χ3n) is 4.84. The predicted octanol–water partition coefficient (Wildman–Crippen LogP) is 4.88. The van der Waals surface area contributed by atoms with Crippen LogP contribution in [0, 0.1) is 11.3 Å². The van der Waals surface area contributed by atoms with E-state index in [9.17, 15) is 10.1 Å². The van der Waals surface area contributed by atoms with Crippen LogP contribution in [0.25, 0.3) is 6.08 Å². The van der Waals surface area contributed by atoms with E-state index in [1.807, 2.05) is 61.5 Å². The fourth-order valence-electron chi connectivity index (χ4n) is 3.29. The zero-order valence-corrected chi connectivity index (χ0v) is 17.4. The van der Waals surface area contributed by atoms with E-state index in [0.29, 0.717) is 35.0 Å². The van der Waals surface area contributed by atoms with Gasteiger partial charge in [-0.25, -0.2) is 4.79 Å². The standard InChI is InChI=1S/C26H20N2O4/c1-2-30-24-15-18(12-13-23(24)31-17-21-11-7-6-10-20(21)16-27)14-22-25(28-32-26(22)29)19-8-4-3-5-9-19/h3-15H,2,17H2,1H3. The first kappa shape index (κ1) is 20.9. The number of carbonyl (C=O) groups is 1. The molecule has 0 bridgehead atoms. The van der Waals surface area contributed by atoms with Crippen molar-refractivity contribution in [3.8, 4) is 17.6 Å². The van der Waals surface area contributed by atoms with Crippen molar-refractivity contribution < 1.29 is 19.1 Å². The van der Waals surface area contributed by atoms with E-state index in [0.717, 1.165) is 16.7 Å². The van der Waals surface area contributed by atoms with Crippen LogP contribution in [0.1, 0.15) is 29.2 Å². The Morgan fingerprint density at radius 2 is 1.78 bits per heavy atom. The lowest BCUT2D eigenvalue weighted by atomic mass is 10.0. The van der Waals surface area contributed by atoms with E-state index < -0.39 is 5.97 Å². The molecule has 0 spiro atoms. The molecule has 4 rings (SSSR count). The van der Waals surface area contributed by atoms with E-state index in [2.05, 4.69) is 11.2 Å². The highest BCUT2D eigenvalue weighted by Gasteiger charge is 2.26. The second-order valence-electron chi connectivity index (χ2n) is 6.94. The number of carbonyl (C=O) groups excluding carboxylic acids is 1. The van der Waals surface area contributed by atoms with Gasteiger partial charge in [-0.05, 0) is 36.8 Å². The Balaban J connectivity index is 1.61. The number of benzene rings is 3. The Kier molecular flexibility index (Phi) is 6.28. The molecule has 3 aromatic carbocycles. The fourth-order valence-corrected chi connectivity index (χ4v) is 3.29. The second-order valence-corrected chi connectivity index (χ2v) is 6.94. The zero-order valence-electron chi connectivity index (χ0n) is 17.4. The van der Waals surface area contributed by atoms with Crippen LogP contribution in [0.2, 0.25) is 0 Å². The number of nitriles is 1. The number of hydrogen-bond acceptors (Lipinski definition) is 6. The van der Waals surface area contributed by atoms with Gasteiger partial charge in [-0.15, -0.1) is 0 Å². The van der Waals surface area contributed by atoms with Crippen LogP contribution in [0.4, 0.5) is 0 Å². The number of rotatable bonds is 7. The lowest BCUT2D eigenvalue weighted by Crippen LogP contribution is -2.07. The molecule has 0 aromatic heterocycles. The Morgan fingerprint density at radius 3 is 2.56 bits per heavy atom. The van der Waals surface area contributed by atoms with Crippen LogP contribution < -0.4 is 9.47 Å². The monoisotopic (exact) mass is 424 g/mol. The fraction of sp³-hybridized carbons (Fsp3) is 0.115. The molecule has 0 unspecified atom stereocenters. The highest BCUT2D eigenvalue weighted by Crippen LogP contribution is 2.31. The highest BCUT2D eigenvalue weighted by atomic mass is 16.7. The van der Waals surface area contributed by atoms with Crippen molar-refractivity contribution in [1.29, 1.82) is 5.26 Å². The molecule has 1 heterocycles. The van der Waals surface area contributed by atoms with Crippen LogP contribution in [-0.2, 0) is 16.2 Å². The number of hydrogen-bond donors (Lipinski definition) is 0. The van der Waals surface area contributed by atoms with Crippen molar-refractivity contribution in [3.05, 3.63) is 101 Å². The maximum Gasteiger partial charge on any atom is 0.368 e. The third-order valence-corrected chi connectivity index (χ3v) is 4.84. The molecule has 158 valence electrons. The van der Waals surface area contributed by atoms with Gasteiger partial charge in [-0.1, -0.05) is 59.8 Å². The molecule has 32 heavy (non-hydrogen) atoms. The van der Waals surface area contributed by atoms with Crippen LogP contribution in [0.5, 0.6) is 11.5 Å². The Morgan fingerprint density at radius 1 is 1.00 bits per heavy atom.